The molecule has 1 aliphatic rings. The highest BCUT2D eigenvalue weighted by atomic mass is 32.1. The van der Waals surface area contributed by atoms with Gasteiger partial charge in [0.25, 0.3) is 5.91 Å². The van der Waals surface area contributed by atoms with E-state index in [1.165, 1.54) is 31.0 Å². The van der Waals surface area contributed by atoms with Crippen LogP contribution in [0.4, 0.5) is 5.69 Å². The molecule has 9 nitrogen and oxygen atoms in total. The molecule has 4 heterocycles. The summed E-state index contributed by atoms with van der Waals surface area (Å²) in [5.74, 6) is -0.916. The average molecular weight is 442 g/mol. The number of hydrogen-bond donors (Lipinski definition) is 1. The van der Waals surface area contributed by atoms with E-state index in [4.69, 9.17) is 14.1 Å². The molecule has 1 saturated heterocycles. The minimum atomic E-state index is -0.534. The van der Waals surface area contributed by atoms with Crippen LogP contribution in [-0.2, 0) is 16.1 Å². The van der Waals surface area contributed by atoms with Crippen LogP contribution in [0.5, 0.6) is 0 Å². The first kappa shape index (κ1) is 21.0. The molecule has 0 unspecified atom stereocenters. The molecule has 0 radical (unpaired) electrons. The van der Waals surface area contributed by atoms with Crippen LogP contribution in [0.3, 0.4) is 0 Å². The second-order valence-electron chi connectivity index (χ2n) is 7.19. The molecule has 31 heavy (non-hydrogen) atoms. The quantitative estimate of drug-likeness (QED) is 0.462. The lowest BCUT2D eigenvalue weighted by molar-refractivity contribution is -0.118. The van der Waals surface area contributed by atoms with Gasteiger partial charge in [0.1, 0.15) is 16.0 Å². The molecule has 3 aromatic rings. The fourth-order valence-corrected chi connectivity index (χ4v) is 4.59. The normalized spacial score (nSPS) is 14.9. The van der Waals surface area contributed by atoms with Gasteiger partial charge in [-0.05, 0) is 24.6 Å². The maximum Gasteiger partial charge on any atom is 0.350 e. The molecule has 1 N–H and O–H groups in total. The van der Waals surface area contributed by atoms with Crippen molar-refractivity contribution in [1.82, 2.24) is 14.8 Å². The summed E-state index contributed by atoms with van der Waals surface area (Å²) in [5.41, 5.74) is 1.59. The summed E-state index contributed by atoms with van der Waals surface area (Å²) in [6.45, 7) is 3.77. The third-order valence-electron chi connectivity index (χ3n) is 5.16. The van der Waals surface area contributed by atoms with Gasteiger partial charge in [-0.2, -0.15) is 0 Å². The van der Waals surface area contributed by atoms with Crippen molar-refractivity contribution in [3.8, 4) is 0 Å². The fraction of sp³-hybridized carbons (Fsp3) is 0.333. The molecule has 0 bridgehead atoms. The van der Waals surface area contributed by atoms with Crippen molar-refractivity contribution in [3.63, 3.8) is 0 Å². The molecule has 0 spiro atoms. The van der Waals surface area contributed by atoms with E-state index < -0.39 is 5.97 Å². The van der Waals surface area contributed by atoms with Crippen LogP contribution < -0.4 is 5.32 Å². The zero-order valence-electron chi connectivity index (χ0n) is 17.0. The number of methoxy groups -OCH3 is 1. The van der Waals surface area contributed by atoms with Crippen molar-refractivity contribution in [2.45, 2.75) is 13.0 Å². The predicted octanol–water partition coefficient (Wildman–Crippen LogP) is 2.59. The number of furan rings is 1. The number of fused-ring (bicyclic) bond motifs is 1. The number of aromatic nitrogens is 1. The van der Waals surface area contributed by atoms with E-state index in [1.54, 1.807) is 11.0 Å². The van der Waals surface area contributed by atoms with Crippen LogP contribution >= 0.6 is 11.3 Å². The highest BCUT2D eigenvalue weighted by Gasteiger charge is 2.23. The summed E-state index contributed by atoms with van der Waals surface area (Å²) in [6, 6.07) is 5.30. The van der Waals surface area contributed by atoms with E-state index >= 15 is 0 Å². The van der Waals surface area contributed by atoms with E-state index in [0.717, 1.165) is 38.2 Å². The molecule has 0 aromatic carbocycles. The first-order chi connectivity index (χ1) is 15.1. The largest absolute Gasteiger partial charge is 0.472 e. The standard InChI is InChI=1S/C21H22N4O5S/c1-29-21(28)18-17(23-19(27)14-5-10-30-12-14)16-4-3-15(22-20(16)31-18)11-24-6-2-7-25(13-26)9-8-24/h3-5,10,12-13H,2,6-9,11H2,1H3,(H,23,27). The van der Waals surface area contributed by atoms with E-state index in [1.807, 2.05) is 12.1 Å². The lowest BCUT2D eigenvalue weighted by atomic mass is 10.2. The summed E-state index contributed by atoms with van der Waals surface area (Å²) in [7, 11) is 1.30. The lowest BCUT2D eigenvalue weighted by Gasteiger charge is -2.19. The Hall–Kier alpha value is -3.24. The second-order valence-corrected chi connectivity index (χ2v) is 8.19. The molecule has 1 aliphatic heterocycles. The first-order valence-electron chi connectivity index (χ1n) is 9.85. The highest BCUT2D eigenvalue weighted by Crippen LogP contribution is 2.36. The lowest BCUT2D eigenvalue weighted by Crippen LogP contribution is -2.29. The van der Waals surface area contributed by atoms with Crippen LogP contribution in [0, 0.1) is 0 Å². The monoisotopic (exact) mass is 442 g/mol. The first-order valence-corrected chi connectivity index (χ1v) is 10.7. The number of hydrogen-bond acceptors (Lipinski definition) is 8. The maximum atomic E-state index is 12.5. The van der Waals surface area contributed by atoms with Crippen molar-refractivity contribution in [3.05, 3.63) is 46.9 Å². The Morgan fingerprint density at radius 2 is 2.13 bits per heavy atom. The van der Waals surface area contributed by atoms with E-state index in [0.29, 0.717) is 34.6 Å². The Bertz CT molecular complexity index is 1090. The van der Waals surface area contributed by atoms with Crippen molar-refractivity contribution < 1.29 is 23.5 Å². The Kier molecular flexibility index (Phi) is 6.28. The second kappa shape index (κ2) is 9.27. The number of amides is 2. The van der Waals surface area contributed by atoms with E-state index in [2.05, 4.69) is 10.2 Å². The number of thiophene rings is 1. The molecular weight excluding hydrogens is 420 g/mol. The van der Waals surface area contributed by atoms with Gasteiger partial charge in [-0.3, -0.25) is 14.5 Å². The van der Waals surface area contributed by atoms with Crippen LogP contribution in [0.1, 0.15) is 32.1 Å². The van der Waals surface area contributed by atoms with Crippen LogP contribution in [-0.4, -0.2) is 66.4 Å². The van der Waals surface area contributed by atoms with Gasteiger partial charge >= 0.3 is 5.97 Å². The average Bonchev–Trinajstić information content (AvgIpc) is 3.38. The number of carbonyl (C=O) groups is 3. The van der Waals surface area contributed by atoms with Crippen LogP contribution in [0.25, 0.3) is 10.2 Å². The van der Waals surface area contributed by atoms with Crippen molar-refractivity contribution in [1.29, 1.82) is 0 Å². The SMILES string of the molecule is COC(=O)c1sc2nc(CN3CCCN(C=O)CC3)ccc2c1NC(=O)c1ccoc1. The fourth-order valence-electron chi connectivity index (χ4n) is 3.53. The van der Waals surface area contributed by atoms with Gasteiger partial charge in [0.2, 0.25) is 6.41 Å². The summed E-state index contributed by atoms with van der Waals surface area (Å²) < 4.78 is 9.86. The van der Waals surface area contributed by atoms with Gasteiger partial charge in [0.05, 0.1) is 30.3 Å². The van der Waals surface area contributed by atoms with Gasteiger partial charge in [-0.1, -0.05) is 0 Å². The van der Waals surface area contributed by atoms with Crippen molar-refractivity contribution >= 4 is 45.5 Å². The van der Waals surface area contributed by atoms with Crippen molar-refractivity contribution in [2.75, 3.05) is 38.6 Å². The van der Waals surface area contributed by atoms with E-state index in [-0.39, 0.29) is 10.8 Å². The van der Waals surface area contributed by atoms with Crippen LogP contribution in [0.2, 0.25) is 0 Å². The van der Waals surface area contributed by atoms with Crippen molar-refractivity contribution in [2.24, 2.45) is 0 Å². The molecule has 3 aromatic heterocycles. The Balaban J connectivity index is 1.60. The molecule has 2 amide bonds. The summed E-state index contributed by atoms with van der Waals surface area (Å²) in [6.07, 6.45) is 4.56. The number of ether oxygens (including phenoxy) is 1. The maximum absolute atomic E-state index is 12.5. The smallest absolute Gasteiger partial charge is 0.350 e. The van der Waals surface area contributed by atoms with Gasteiger partial charge in [-0.15, -0.1) is 11.3 Å². The molecule has 0 saturated carbocycles. The number of esters is 1. The van der Waals surface area contributed by atoms with Crippen LogP contribution in [0.15, 0.2) is 35.1 Å². The van der Waals surface area contributed by atoms with Gasteiger partial charge in [-0.25, -0.2) is 9.78 Å². The topological polar surface area (TPSA) is 105 Å². The number of anilines is 1. The zero-order chi connectivity index (χ0) is 21.8. The third kappa shape index (κ3) is 4.59. The predicted molar refractivity (Wildman–Crippen MR) is 115 cm³/mol. The van der Waals surface area contributed by atoms with Gasteiger partial charge < -0.3 is 19.4 Å². The van der Waals surface area contributed by atoms with Gasteiger partial charge in [0, 0.05) is 38.1 Å². The highest BCUT2D eigenvalue weighted by molar-refractivity contribution is 7.21. The zero-order valence-corrected chi connectivity index (χ0v) is 17.8. The molecule has 162 valence electrons. The molecular formula is C21H22N4O5S. The molecule has 0 aliphatic carbocycles. The molecule has 1 fully saturated rings. The molecule has 4 rings (SSSR count). The summed E-state index contributed by atoms with van der Waals surface area (Å²) >= 11 is 1.18. The van der Waals surface area contributed by atoms with Gasteiger partial charge in [0.15, 0.2) is 0 Å². The Morgan fingerprint density at radius 3 is 2.87 bits per heavy atom. The molecule has 0 atom stereocenters. The number of nitrogens with zero attached hydrogens (tertiary/aromatic N) is 3. The van der Waals surface area contributed by atoms with E-state index in [9.17, 15) is 14.4 Å². The minimum absolute atomic E-state index is 0.287. The summed E-state index contributed by atoms with van der Waals surface area (Å²) in [4.78, 5) is 45.5. The number of carbonyl (C=O) groups excluding carboxylic acids is 3. The number of pyridine rings is 1. The molecule has 10 heteroatoms. The number of rotatable bonds is 6. The minimum Gasteiger partial charge on any atom is -0.472 e. The summed E-state index contributed by atoms with van der Waals surface area (Å²) in [5, 5.41) is 3.47. The third-order valence-corrected chi connectivity index (χ3v) is 6.24. The Morgan fingerprint density at radius 1 is 1.26 bits per heavy atom. The number of nitrogens with one attached hydrogen (secondary N) is 1. The Labute approximate surface area is 182 Å².